The molecule has 0 bridgehead atoms. The van der Waals surface area contributed by atoms with Crippen molar-refractivity contribution in [3.63, 3.8) is 0 Å². The van der Waals surface area contributed by atoms with Crippen LogP contribution in [0.3, 0.4) is 0 Å². The van der Waals surface area contributed by atoms with E-state index in [4.69, 9.17) is 9.15 Å². The van der Waals surface area contributed by atoms with E-state index in [0.717, 1.165) is 4.47 Å². The van der Waals surface area contributed by atoms with Gasteiger partial charge in [0.2, 0.25) is 0 Å². The number of ether oxygens (including phenoxy) is 1. The molecule has 0 aliphatic carbocycles. The summed E-state index contributed by atoms with van der Waals surface area (Å²) >= 11 is 4.71. The van der Waals surface area contributed by atoms with Gasteiger partial charge >= 0.3 is 0 Å². The van der Waals surface area contributed by atoms with Gasteiger partial charge in [-0.2, -0.15) is 0 Å². The van der Waals surface area contributed by atoms with Crippen molar-refractivity contribution in [1.29, 1.82) is 0 Å². The van der Waals surface area contributed by atoms with Gasteiger partial charge in [-0.1, -0.05) is 0 Å². The number of halogens is 1. The Bertz CT molecular complexity index is 509. The second kappa shape index (κ2) is 6.17. The van der Waals surface area contributed by atoms with E-state index in [1.807, 2.05) is 11.4 Å². The number of carbonyl (C=O) groups is 1. The van der Waals surface area contributed by atoms with Gasteiger partial charge in [0.15, 0.2) is 0 Å². The number of thiophene rings is 1. The van der Waals surface area contributed by atoms with Gasteiger partial charge in [0.05, 0.1) is 17.7 Å². The van der Waals surface area contributed by atoms with Crippen molar-refractivity contribution in [2.45, 2.75) is 6.10 Å². The predicted molar refractivity (Wildman–Crippen MR) is 72.8 cm³/mol. The van der Waals surface area contributed by atoms with Crippen LogP contribution in [-0.4, -0.2) is 19.6 Å². The zero-order chi connectivity index (χ0) is 13.0. The van der Waals surface area contributed by atoms with Gasteiger partial charge in [-0.15, -0.1) is 11.3 Å². The summed E-state index contributed by atoms with van der Waals surface area (Å²) in [4.78, 5) is 12.5. The highest BCUT2D eigenvalue weighted by Gasteiger charge is 2.16. The molecule has 2 rings (SSSR count). The number of hydrogen-bond donors (Lipinski definition) is 1. The molecule has 0 aliphatic rings. The lowest BCUT2D eigenvalue weighted by molar-refractivity contribution is 0.0740. The number of hydrogen-bond acceptors (Lipinski definition) is 4. The summed E-state index contributed by atoms with van der Waals surface area (Å²) in [7, 11) is 1.58. The maximum Gasteiger partial charge on any atom is 0.261 e. The second-order valence-corrected chi connectivity index (χ2v) is 5.41. The first kappa shape index (κ1) is 13.3. The Morgan fingerprint density at radius 3 is 3.06 bits per heavy atom. The lowest BCUT2D eigenvalue weighted by Crippen LogP contribution is -2.28. The number of methoxy groups -OCH3 is 1. The van der Waals surface area contributed by atoms with E-state index in [9.17, 15) is 4.79 Å². The summed E-state index contributed by atoms with van der Waals surface area (Å²) in [6.45, 7) is 0.373. The number of furan rings is 1. The molecular formula is C12H12BrNO3S. The second-order valence-electron chi connectivity index (χ2n) is 3.58. The minimum atomic E-state index is -0.271. The summed E-state index contributed by atoms with van der Waals surface area (Å²) in [5.74, 6) is 0.587. The molecule has 0 aliphatic heterocycles. The fraction of sp³-hybridized carbons (Fsp3) is 0.250. The molecule has 1 amide bonds. The van der Waals surface area contributed by atoms with Crippen molar-refractivity contribution in [3.05, 3.63) is 45.0 Å². The maximum atomic E-state index is 11.8. The van der Waals surface area contributed by atoms with E-state index in [0.29, 0.717) is 17.2 Å². The molecule has 0 aromatic carbocycles. The van der Waals surface area contributed by atoms with Gasteiger partial charge in [-0.25, -0.2) is 0 Å². The molecule has 2 aromatic rings. The van der Waals surface area contributed by atoms with Gasteiger partial charge in [0, 0.05) is 17.0 Å². The molecule has 0 saturated carbocycles. The Morgan fingerprint density at radius 2 is 2.50 bits per heavy atom. The first-order chi connectivity index (χ1) is 8.70. The fourth-order valence-electron chi connectivity index (χ4n) is 1.48. The minimum Gasteiger partial charge on any atom is -0.467 e. The fourth-order valence-corrected chi connectivity index (χ4v) is 2.82. The number of amides is 1. The molecule has 6 heteroatoms. The summed E-state index contributed by atoms with van der Waals surface area (Å²) in [6, 6.07) is 5.40. The zero-order valence-corrected chi connectivity index (χ0v) is 12.1. The standard InChI is InChI=1S/C12H12BrNO3S/c1-16-10(9-3-2-4-17-9)6-14-12(15)11-5-8(13)7-18-11/h2-5,7,10H,6H2,1H3,(H,14,15)/t10-/m0/s1. The molecule has 0 spiro atoms. The van der Waals surface area contributed by atoms with Crippen molar-refractivity contribution < 1.29 is 13.9 Å². The third kappa shape index (κ3) is 3.22. The number of nitrogens with one attached hydrogen (secondary N) is 1. The molecule has 18 heavy (non-hydrogen) atoms. The quantitative estimate of drug-likeness (QED) is 0.916. The van der Waals surface area contributed by atoms with Crippen LogP contribution in [0.1, 0.15) is 21.5 Å². The van der Waals surface area contributed by atoms with Crippen molar-refractivity contribution in [2.24, 2.45) is 0 Å². The molecule has 0 fully saturated rings. The lowest BCUT2D eigenvalue weighted by Gasteiger charge is -2.13. The molecule has 2 heterocycles. The summed E-state index contributed by atoms with van der Waals surface area (Å²) in [5, 5.41) is 4.69. The van der Waals surface area contributed by atoms with Crippen LogP contribution in [0, 0.1) is 0 Å². The van der Waals surface area contributed by atoms with Crippen LogP contribution in [0.4, 0.5) is 0 Å². The molecule has 0 unspecified atom stereocenters. The van der Waals surface area contributed by atoms with Crippen molar-refractivity contribution in [1.82, 2.24) is 5.32 Å². The smallest absolute Gasteiger partial charge is 0.261 e. The lowest BCUT2D eigenvalue weighted by atomic mass is 10.2. The Kier molecular flexibility index (Phi) is 4.57. The van der Waals surface area contributed by atoms with Crippen LogP contribution in [0.15, 0.2) is 38.7 Å². The highest BCUT2D eigenvalue weighted by Crippen LogP contribution is 2.20. The monoisotopic (exact) mass is 329 g/mol. The van der Waals surface area contributed by atoms with Gasteiger partial charge in [0.1, 0.15) is 11.9 Å². The number of carbonyl (C=O) groups excluding carboxylic acids is 1. The molecule has 2 aromatic heterocycles. The van der Waals surface area contributed by atoms with Gasteiger partial charge in [-0.3, -0.25) is 4.79 Å². The minimum absolute atomic E-state index is 0.112. The van der Waals surface area contributed by atoms with E-state index < -0.39 is 0 Å². The highest BCUT2D eigenvalue weighted by atomic mass is 79.9. The Balaban J connectivity index is 1.92. The third-order valence-electron chi connectivity index (χ3n) is 2.38. The van der Waals surface area contributed by atoms with E-state index >= 15 is 0 Å². The third-order valence-corrected chi connectivity index (χ3v) is 4.07. The molecule has 1 N–H and O–H groups in total. The molecule has 4 nitrogen and oxygen atoms in total. The number of rotatable bonds is 5. The van der Waals surface area contributed by atoms with Crippen molar-refractivity contribution in [3.8, 4) is 0 Å². The SMILES string of the molecule is CO[C@@H](CNC(=O)c1cc(Br)cs1)c1ccco1. The molecule has 96 valence electrons. The van der Waals surface area contributed by atoms with Gasteiger partial charge < -0.3 is 14.5 Å². The first-order valence-electron chi connectivity index (χ1n) is 5.29. The van der Waals surface area contributed by atoms with E-state index in [-0.39, 0.29) is 12.0 Å². The van der Waals surface area contributed by atoms with Gasteiger partial charge in [0.25, 0.3) is 5.91 Å². The zero-order valence-electron chi connectivity index (χ0n) is 9.68. The van der Waals surface area contributed by atoms with Crippen LogP contribution in [0.5, 0.6) is 0 Å². The average Bonchev–Trinajstić information content (AvgIpc) is 3.01. The van der Waals surface area contributed by atoms with E-state index in [2.05, 4.69) is 21.2 Å². The van der Waals surface area contributed by atoms with Crippen LogP contribution in [0.25, 0.3) is 0 Å². The van der Waals surface area contributed by atoms with Gasteiger partial charge in [-0.05, 0) is 34.1 Å². The average molecular weight is 330 g/mol. The van der Waals surface area contributed by atoms with E-state index in [1.54, 1.807) is 25.5 Å². The summed E-state index contributed by atoms with van der Waals surface area (Å²) in [5.41, 5.74) is 0. The molecule has 1 atom stereocenters. The van der Waals surface area contributed by atoms with Crippen molar-refractivity contribution in [2.75, 3.05) is 13.7 Å². The van der Waals surface area contributed by atoms with Crippen LogP contribution in [0.2, 0.25) is 0 Å². The first-order valence-corrected chi connectivity index (χ1v) is 6.96. The highest BCUT2D eigenvalue weighted by molar-refractivity contribution is 9.10. The molecular weight excluding hydrogens is 318 g/mol. The maximum absolute atomic E-state index is 11.8. The molecule has 0 radical (unpaired) electrons. The summed E-state index contributed by atoms with van der Waals surface area (Å²) < 4.78 is 11.4. The Hall–Kier alpha value is -1.11. The van der Waals surface area contributed by atoms with Crippen molar-refractivity contribution >= 4 is 33.2 Å². The summed E-state index contributed by atoms with van der Waals surface area (Å²) in [6.07, 6.45) is 1.31. The van der Waals surface area contributed by atoms with Crippen LogP contribution in [-0.2, 0) is 4.74 Å². The van der Waals surface area contributed by atoms with E-state index in [1.165, 1.54) is 11.3 Å². The Labute approximate surface area is 117 Å². The Morgan fingerprint density at radius 1 is 1.67 bits per heavy atom. The normalized spacial score (nSPS) is 12.3. The largest absolute Gasteiger partial charge is 0.467 e. The molecule has 0 saturated heterocycles. The topological polar surface area (TPSA) is 51.5 Å². The van der Waals surface area contributed by atoms with Crippen LogP contribution >= 0.6 is 27.3 Å². The van der Waals surface area contributed by atoms with Crippen LogP contribution < -0.4 is 5.32 Å². The predicted octanol–water partition coefficient (Wildman–Crippen LogP) is 3.22.